The Morgan fingerprint density at radius 1 is 1.33 bits per heavy atom. The molecule has 0 atom stereocenters. The summed E-state index contributed by atoms with van der Waals surface area (Å²) < 4.78 is 12.8. The smallest absolute Gasteiger partial charge is 0.343 e. The SMILES string of the molecule is CCOC(=O)c1cn[nH]c1-n1ccc2c(cnc3nc(COC)nn32)c1=O. The molecule has 27 heavy (non-hydrogen) atoms. The molecule has 0 aliphatic rings. The lowest BCUT2D eigenvalue weighted by Crippen LogP contribution is -2.21. The highest BCUT2D eigenvalue weighted by Crippen LogP contribution is 2.15. The van der Waals surface area contributed by atoms with Crippen molar-refractivity contribution in [3.8, 4) is 5.82 Å². The third-order valence-corrected chi connectivity index (χ3v) is 3.91. The van der Waals surface area contributed by atoms with Gasteiger partial charge in [0.25, 0.3) is 11.3 Å². The van der Waals surface area contributed by atoms with Crippen LogP contribution in [0.1, 0.15) is 23.1 Å². The zero-order valence-electron chi connectivity index (χ0n) is 14.5. The Labute approximate surface area is 151 Å². The number of pyridine rings is 1. The summed E-state index contributed by atoms with van der Waals surface area (Å²) in [5.41, 5.74) is 0.310. The van der Waals surface area contributed by atoms with E-state index in [1.807, 2.05) is 0 Å². The number of carbonyl (C=O) groups excluding carboxylic acids is 1. The van der Waals surface area contributed by atoms with Crippen LogP contribution in [0.2, 0.25) is 0 Å². The van der Waals surface area contributed by atoms with Crippen molar-refractivity contribution in [1.82, 2.24) is 34.3 Å². The van der Waals surface area contributed by atoms with Gasteiger partial charge in [-0.25, -0.2) is 9.78 Å². The van der Waals surface area contributed by atoms with E-state index in [4.69, 9.17) is 9.47 Å². The van der Waals surface area contributed by atoms with E-state index in [9.17, 15) is 9.59 Å². The van der Waals surface area contributed by atoms with Crippen molar-refractivity contribution >= 4 is 22.6 Å². The number of nitrogens with zero attached hydrogens (tertiary/aromatic N) is 6. The number of nitrogens with one attached hydrogen (secondary N) is 1. The van der Waals surface area contributed by atoms with Crippen molar-refractivity contribution in [2.45, 2.75) is 13.5 Å². The second kappa shape index (κ2) is 6.61. The summed E-state index contributed by atoms with van der Waals surface area (Å²) in [6.45, 7) is 2.15. The van der Waals surface area contributed by atoms with Gasteiger partial charge >= 0.3 is 5.97 Å². The molecule has 0 bridgehead atoms. The van der Waals surface area contributed by atoms with Crippen LogP contribution in [0, 0.1) is 0 Å². The molecule has 4 rings (SSSR count). The molecule has 138 valence electrons. The molecule has 4 aromatic heterocycles. The van der Waals surface area contributed by atoms with Crippen molar-refractivity contribution in [3.05, 3.63) is 46.4 Å². The monoisotopic (exact) mass is 369 g/mol. The third kappa shape index (κ3) is 2.73. The average Bonchev–Trinajstić information content (AvgIpc) is 3.29. The van der Waals surface area contributed by atoms with E-state index in [-0.39, 0.29) is 30.2 Å². The first-order valence-electron chi connectivity index (χ1n) is 8.10. The molecule has 11 heteroatoms. The van der Waals surface area contributed by atoms with Gasteiger partial charge in [-0.15, -0.1) is 5.10 Å². The minimum Gasteiger partial charge on any atom is -0.462 e. The molecule has 1 N–H and O–H groups in total. The highest BCUT2D eigenvalue weighted by atomic mass is 16.5. The second-order valence-electron chi connectivity index (χ2n) is 5.57. The number of methoxy groups -OCH3 is 1. The largest absolute Gasteiger partial charge is 0.462 e. The summed E-state index contributed by atoms with van der Waals surface area (Å²) in [5, 5.41) is 11.1. The van der Waals surface area contributed by atoms with Crippen molar-refractivity contribution in [2.75, 3.05) is 13.7 Å². The van der Waals surface area contributed by atoms with Gasteiger partial charge in [0, 0.05) is 19.5 Å². The zero-order valence-corrected chi connectivity index (χ0v) is 14.5. The quantitative estimate of drug-likeness (QED) is 0.503. The zero-order chi connectivity index (χ0) is 19.0. The Balaban J connectivity index is 1.89. The van der Waals surface area contributed by atoms with Gasteiger partial charge in [0.05, 0.1) is 23.7 Å². The number of hydrogen-bond acceptors (Lipinski definition) is 8. The first-order valence-corrected chi connectivity index (χ1v) is 8.10. The van der Waals surface area contributed by atoms with Crippen molar-refractivity contribution < 1.29 is 14.3 Å². The predicted octanol–water partition coefficient (Wildman–Crippen LogP) is 0.475. The maximum atomic E-state index is 13.0. The highest BCUT2D eigenvalue weighted by Gasteiger charge is 2.19. The van der Waals surface area contributed by atoms with Crippen LogP contribution in [0.4, 0.5) is 0 Å². The Hall–Kier alpha value is -3.60. The molecule has 0 spiro atoms. The molecular weight excluding hydrogens is 354 g/mol. The van der Waals surface area contributed by atoms with E-state index >= 15 is 0 Å². The molecular formula is C16H15N7O4. The summed E-state index contributed by atoms with van der Waals surface area (Å²) in [5.74, 6) is 0.474. The van der Waals surface area contributed by atoms with Gasteiger partial charge in [0.15, 0.2) is 5.82 Å². The summed E-state index contributed by atoms with van der Waals surface area (Å²) in [4.78, 5) is 33.5. The Morgan fingerprint density at radius 2 is 2.19 bits per heavy atom. The van der Waals surface area contributed by atoms with Crippen LogP contribution in [0.5, 0.6) is 0 Å². The Morgan fingerprint density at radius 3 is 2.96 bits per heavy atom. The Bertz CT molecular complexity index is 1210. The minimum absolute atomic E-state index is 0.162. The highest BCUT2D eigenvalue weighted by molar-refractivity contribution is 5.92. The number of aromatic nitrogens is 7. The van der Waals surface area contributed by atoms with E-state index in [0.717, 1.165) is 0 Å². The van der Waals surface area contributed by atoms with E-state index in [0.29, 0.717) is 22.5 Å². The molecule has 0 amide bonds. The fourth-order valence-corrected chi connectivity index (χ4v) is 2.75. The number of ether oxygens (including phenoxy) is 2. The molecule has 0 aliphatic carbocycles. The maximum Gasteiger partial charge on any atom is 0.343 e. The standard InChI is InChI=1S/C16H15N7O4/c1-3-27-15(25)10-7-18-20-13(10)22-5-4-11-9(14(22)24)6-17-16-19-12(8-26-2)21-23(11)16/h4-7H,3,8H2,1-2H3,(H,18,20). The van der Waals surface area contributed by atoms with Gasteiger partial charge in [-0.1, -0.05) is 0 Å². The van der Waals surface area contributed by atoms with Crippen molar-refractivity contribution in [2.24, 2.45) is 0 Å². The topological polar surface area (TPSA) is 129 Å². The maximum absolute atomic E-state index is 13.0. The number of carbonyl (C=O) groups is 1. The molecule has 0 aliphatic heterocycles. The second-order valence-corrected chi connectivity index (χ2v) is 5.57. The minimum atomic E-state index is -0.567. The summed E-state index contributed by atoms with van der Waals surface area (Å²) in [6, 6.07) is 1.69. The molecule has 0 fully saturated rings. The van der Waals surface area contributed by atoms with E-state index in [1.54, 1.807) is 20.1 Å². The Kier molecular flexibility index (Phi) is 4.12. The number of rotatable bonds is 5. The predicted molar refractivity (Wildman–Crippen MR) is 92.7 cm³/mol. The van der Waals surface area contributed by atoms with Crippen LogP contribution in [0.25, 0.3) is 22.5 Å². The molecule has 11 nitrogen and oxygen atoms in total. The lowest BCUT2D eigenvalue weighted by atomic mass is 10.3. The molecule has 0 saturated heterocycles. The van der Waals surface area contributed by atoms with Crippen LogP contribution in [-0.4, -0.2) is 54.0 Å². The summed E-state index contributed by atoms with van der Waals surface area (Å²) in [7, 11) is 1.54. The van der Waals surface area contributed by atoms with Gasteiger partial charge in [-0.2, -0.15) is 14.6 Å². The van der Waals surface area contributed by atoms with Gasteiger partial charge < -0.3 is 9.47 Å². The van der Waals surface area contributed by atoms with Crippen LogP contribution in [0.3, 0.4) is 0 Å². The lowest BCUT2D eigenvalue weighted by molar-refractivity contribution is 0.0526. The van der Waals surface area contributed by atoms with Crippen LogP contribution < -0.4 is 5.56 Å². The number of hydrogen-bond donors (Lipinski definition) is 1. The number of fused-ring (bicyclic) bond motifs is 3. The van der Waals surface area contributed by atoms with E-state index in [1.165, 1.54) is 27.7 Å². The molecule has 0 saturated carbocycles. The lowest BCUT2D eigenvalue weighted by Gasteiger charge is -2.07. The van der Waals surface area contributed by atoms with Gasteiger partial charge in [-0.05, 0) is 13.0 Å². The normalized spacial score (nSPS) is 11.3. The molecule has 0 aromatic carbocycles. The molecule has 0 radical (unpaired) electrons. The van der Waals surface area contributed by atoms with Crippen LogP contribution in [-0.2, 0) is 16.1 Å². The number of H-pyrrole nitrogens is 1. The van der Waals surface area contributed by atoms with Crippen molar-refractivity contribution in [1.29, 1.82) is 0 Å². The first-order chi connectivity index (χ1) is 13.1. The first kappa shape index (κ1) is 16.8. The van der Waals surface area contributed by atoms with E-state index < -0.39 is 5.97 Å². The van der Waals surface area contributed by atoms with Gasteiger partial charge in [0.2, 0.25) is 0 Å². The number of aromatic amines is 1. The summed E-state index contributed by atoms with van der Waals surface area (Å²) in [6.07, 6.45) is 4.27. The van der Waals surface area contributed by atoms with Crippen LogP contribution in [0.15, 0.2) is 29.5 Å². The van der Waals surface area contributed by atoms with Gasteiger partial charge in [-0.3, -0.25) is 14.5 Å². The average molecular weight is 369 g/mol. The number of esters is 1. The third-order valence-electron chi connectivity index (χ3n) is 3.91. The van der Waals surface area contributed by atoms with Gasteiger partial charge in [0.1, 0.15) is 18.0 Å². The van der Waals surface area contributed by atoms with Crippen LogP contribution >= 0.6 is 0 Å². The fraction of sp³-hybridized carbons (Fsp3) is 0.250. The fourth-order valence-electron chi connectivity index (χ4n) is 2.75. The molecule has 4 aromatic rings. The molecule has 0 unspecified atom stereocenters. The van der Waals surface area contributed by atoms with E-state index in [2.05, 4.69) is 25.3 Å². The summed E-state index contributed by atoms with van der Waals surface area (Å²) >= 11 is 0. The molecule has 4 heterocycles. The van der Waals surface area contributed by atoms with Crippen molar-refractivity contribution in [3.63, 3.8) is 0 Å².